The van der Waals surface area contributed by atoms with Gasteiger partial charge in [-0.1, -0.05) is 23.5 Å². The Hall–Kier alpha value is -1.42. The molecule has 0 saturated carbocycles. The fourth-order valence-corrected chi connectivity index (χ4v) is 2.17. The molecule has 0 aliphatic rings. The lowest BCUT2D eigenvalue weighted by Gasteiger charge is -2.09. The van der Waals surface area contributed by atoms with Gasteiger partial charge in [0.15, 0.2) is 0 Å². The lowest BCUT2D eigenvalue weighted by Crippen LogP contribution is -2.01. The maximum atomic E-state index is 4.09. The monoisotopic (exact) mass is 233 g/mol. The summed E-state index contributed by atoms with van der Waals surface area (Å²) in [6, 6.07) is 6.28. The molecule has 0 atom stereocenters. The fraction of sp³-hybridized carbons (Fsp3) is 0.333. The summed E-state index contributed by atoms with van der Waals surface area (Å²) in [5, 5.41) is 13.5. The third-order valence-electron chi connectivity index (χ3n) is 2.60. The molecule has 0 amide bonds. The predicted octanol–water partition coefficient (Wildman–Crippen LogP) is 3.08. The van der Waals surface area contributed by atoms with Crippen LogP contribution in [0.5, 0.6) is 0 Å². The van der Waals surface area contributed by atoms with Gasteiger partial charge in [0, 0.05) is 5.69 Å². The Labute approximate surface area is 99.5 Å². The SMILES string of the molecule is Cc1nnc(CNc2cccc(C)c2C)s1. The number of hydrogen-bond acceptors (Lipinski definition) is 4. The molecular formula is C12H15N3S. The predicted molar refractivity (Wildman–Crippen MR) is 67.9 cm³/mol. The summed E-state index contributed by atoms with van der Waals surface area (Å²) in [5.74, 6) is 0. The van der Waals surface area contributed by atoms with Crippen LogP contribution in [-0.2, 0) is 6.54 Å². The van der Waals surface area contributed by atoms with Crippen molar-refractivity contribution in [1.29, 1.82) is 0 Å². The van der Waals surface area contributed by atoms with Crippen LogP contribution in [0.4, 0.5) is 5.69 Å². The first-order chi connectivity index (χ1) is 7.66. The second kappa shape index (κ2) is 4.61. The molecule has 0 saturated heterocycles. The largest absolute Gasteiger partial charge is 0.378 e. The van der Waals surface area contributed by atoms with Gasteiger partial charge in [-0.3, -0.25) is 0 Å². The molecule has 0 bridgehead atoms. The molecule has 1 aromatic heterocycles. The summed E-state index contributed by atoms with van der Waals surface area (Å²) >= 11 is 1.63. The Bertz CT molecular complexity index is 491. The number of aryl methyl sites for hydroxylation is 2. The number of anilines is 1. The van der Waals surface area contributed by atoms with Gasteiger partial charge in [0.1, 0.15) is 10.0 Å². The Morgan fingerprint density at radius 3 is 2.69 bits per heavy atom. The molecule has 2 aromatic rings. The molecule has 0 aliphatic carbocycles. The summed E-state index contributed by atoms with van der Waals surface area (Å²) in [4.78, 5) is 0. The van der Waals surface area contributed by atoms with Gasteiger partial charge in [0.05, 0.1) is 6.54 Å². The van der Waals surface area contributed by atoms with E-state index < -0.39 is 0 Å². The molecule has 2 rings (SSSR count). The third kappa shape index (κ3) is 2.39. The van der Waals surface area contributed by atoms with Crippen molar-refractivity contribution in [3.8, 4) is 0 Å². The van der Waals surface area contributed by atoms with Crippen LogP contribution in [-0.4, -0.2) is 10.2 Å². The quantitative estimate of drug-likeness (QED) is 0.885. The zero-order chi connectivity index (χ0) is 11.5. The average molecular weight is 233 g/mol. The molecule has 84 valence electrons. The lowest BCUT2D eigenvalue weighted by molar-refractivity contribution is 0.969. The van der Waals surface area contributed by atoms with Crippen LogP contribution >= 0.6 is 11.3 Å². The Morgan fingerprint density at radius 2 is 2.00 bits per heavy atom. The number of aromatic nitrogens is 2. The molecule has 1 aromatic carbocycles. The van der Waals surface area contributed by atoms with Crippen LogP contribution in [0.25, 0.3) is 0 Å². The number of hydrogen-bond donors (Lipinski definition) is 1. The van der Waals surface area contributed by atoms with E-state index in [1.165, 1.54) is 16.8 Å². The van der Waals surface area contributed by atoms with E-state index in [1.807, 2.05) is 6.92 Å². The second-order valence-corrected chi connectivity index (χ2v) is 5.08. The van der Waals surface area contributed by atoms with E-state index in [0.717, 1.165) is 16.6 Å². The molecule has 16 heavy (non-hydrogen) atoms. The molecule has 4 heteroatoms. The summed E-state index contributed by atoms with van der Waals surface area (Å²) in [7, 11) is 0. The van der Waals surface area contributed by atoms with Gasteiger partial charge in [-0.15, -0.1) is 10.2 Å². The highest BCUT2D eigenvalue weighted by Gasteiger charge is 2.03. The van der Waals surface area contributed by atoms with Crippen molar-refractivity contribution in [2.24, 2.45) is 0 Å². The van der Waals surface area contributed by atoms with Crippen LogP contribution < -0.4 is 5.32 Å². The standard InChI is InChI=1S/C12H15N3S/c1-8-5-4-6-11(9(8)2)13-7-12-15-14-10(3)16-12/h4-6,13H,7H2,1-3H3. The number of nitrogens with one attached hydrogen (secondary N) is 1. The smallest absolute Gasteiger partial charge is 0.136 e. The highest BCUT2D eigenvalue weighted by atomic mass is 32.1. The third-order valence-corrected chi connectivity index (χ3v) is 3.44. The highest BCUT2D eigenvalue weighted by Crippen LogP contribution is 2.19. The van der Waals surface area contributed by atoms with E-state index in [2.05, 4.69) is 47.6 Å². The van der Waals surface area contributed by atoms with E-state index in [4.69, 9.17) is 0 Å². The summed E-state index contributed by atoms with van der Waals surface area (Å²) in [6.45, 7) is 6.97. The molecular weight excluding hydrogens is 218 g/mol. The molecule has 0 unspecified atom stereocenters. The fourth-order valence-electron chi connectivity index (χ4n) is 1.52. The van der Waals surface area contributed by atoms with Crippen molar-refractivity contribution in [2.45, 2.75) is 27.3 Å². The van der Waals surface area contributed by atoms with Gasteiger partial charge in [-0.05, 0) is 38.0 Å². The van der Waals surface area contributed by atoms with Crippen molar-refractivity contribution in [3.05, 3.63) is 39.3 Å². The van der Waals surface area contributed by atoms with Crippen LogP contribution in [0.1, 0.15) is 21.1 Å². The van der Waals surface area contributed by atoms with Crippen LogP contribution in [0.15, 0.2) is 18.2 Å². The van der Waals surface area contributed by atoms with Gasteiger partial charge in [0.2, 0.25) is 0 Å². The van der Waals surface area contributed by atoms with Crippen LogP contribution in [0.2, 0.25) is 0 Å². The summed E-state index contributed by atoms with van der Waals surface area (Å²) in [6.07, 6.45) is 0. The van der Waals surface area contributed by atoms with Crippen molar-refractivity contribution in [1.82, 2.24) is 10.2 Å². The zero-order valence-electron chi connectivity index (χ0n) is 9.74. The highest BCUT2D eigenvalue weighted by molar-refractivity contribution is 7.11. The van der Waals surface area contributed by atoms with Gasteiger partial charge >= 0.3 is 0 Å². The first-order valence-electron chi connectivity index (χ1n) is 5.26. The van der Waals surface area contributed by atoms with Crippen molar-refractivity contribution in [3.63, 3.8) is 0 Å². The van der Waals surface area contributed by atoms with Crippen molar-refractivity contribution in [2.75, 3.05) is 5.32 Å². The molecule has 0 radical (unpaired) electrons. The van der Waals surface area contributed by atoms with E-state index in [1.54, 1.807) is 11.3 Å². The maximum Gasteiger partial charge on any atom is 0.136 e. The van der Waals surface area contributed by atoms with E-state index in [-0.39, 0.29) is 0 Å². The molecule has 0 fully saturated rings. The number of nitrogens with zero attached hydrogens (tertiary/aromatic N) is 2. The van der Waals surface area contributed by atoms with E-state index in [0.29, 0.717) is 0 Å². The van der Waals surface area contributed by atoms with E-state index >= 15 is 0 Å². The van der Waals surface area contributed by atoms with Crippen LogP contribution in [0.3, 0.4) is 0 Å². The van der Waals surface area contributed by atoms with Gasteiger partial charge < -0.3 is 5.32 Å². The Balaban J connectivity index is 2.07. The van der Waals surface area contributed by atoms with Crippen molar-refractivity contribution < 1.29 is 0 Å². The minimum atomic E-state index is 0.746. The Kier molecular flexibility index (Phi) is 3.19. The maximum absolute atomic E-state index is 4.09. The van der Waals surface area contributed by atoms with Crippen LogP contribution in [0, 0.1) is 20.8 Å². The summed E-state index contributed by atoms with van der Waals surface area (Å²) in [5.41, 5.74) is 3.77. The number of benzene rings is 1. The Morgan fingerprint density at radius 1 is 1.19 bits per heavy atom. The van der Waals surface area contributed by atoms with Gasteiger partial charge in [0.25, 0.3) is 0 Å². The topological polar surface area (TPSA) is 37.8 Å². The van der Waals surface area contributed by atoms with E-state index in [9.17, 15) is 0 Å². The normalized spacial score (nSPS) is 10.4. The second-order valence-electron chi connectivity index (χ2n) is 3.82. The first-order valence-corrected chi connectivity index (χ1v) is 6.07. The number of rotatable bonds is 3. The van der Waals surface area contributed by atoms with Crippen molar-refractivity contribution >= 4 is 17.0 Å². The molecule has 3 nitrogen and oxygen atoms in total. The zero-order valence-corrected chi connectivity index (χ0v) is 10.6. The lowest BCUT2D eigenvalue weighted by atomic mass is 10.1. The molecule has 1 N–H and O–H groups in total. The first kappa shape index (κ1) is 11.1. The minimum Gasteiger partial charge on any atom is -0.378 e. The average Bonchev–Trinajstić information content (AvgIpc) is 2.67. The minimum absolute atomic E-state index is 0.746. The molecule has 0 aliphatic heterocycles. The van der Waals surface area contributed by atoms with Gasteiger partial charge in [-0.25, -0.2) is 0 Å². The summed E-state index contributed by atoms with van der Waals surface area (Å²) < 4.78 is 0. The van der Waals surface area contributed by atoms with Gasteiger partial charge in [-0.2, -0.15) is 0 Å². The molecule has 1 heterocycles. The molecule has 0 spiro atoms.